The number of imidazole rings is 1. The van der Waals surface area contributed by atoms with Crippen molar-refractivity contribution in [2.75, 3.05) is 5.75 Å². The van der Waals surface area contributed by atoms with Gasteiger partial charge in [0, 0.05) is 9.90 Å². The summed E-state index contributed by atoms with van der Waals surface area (Å²) >= 11 is 14.1. The van der Waals surface area contributed by atoms with Crippen molar-refractivity contribution in [3.8, 4) is 10.4 Å². The number of hydrogen-bond acceptors (Lipinski definition) is 6. The molecule has 1 aromatic carbocycles. The number of thiophene rings is 1. The molecule has 3 aromatic heterocycles. The number of nitrogens with one attached hydrogen (secondary N) is 1. The number of pyridine rings is 1. The number of carbonyl (C=O) groups excluding carboxylic acids is 1. The average molecular weight is 576 g/mol. The molecule has 7 nitrogen and oxygen atoms in total. The Morgan fingerprint density at radius 3 is 2.53 bits per heavy atom. The number of sulfonamides is 1. The van der Waals surface area contributed by atoms with Gasteiger partial charge in [-0.1, -0.05) is 55.1 Å². The second-order valence-electron chi connectivity index (χ2n) is 8.15. The first-order chi connectivity index (χ1) is 16.7. The molecule has 1 N–H and O–H groups in total. The molecule has 0 unspecified atom stereocenters. The molecule has 0 atom stereocenters. The predicted molar refractivity (Wildman–Crippen MR) is 149 cm³/mol. The molecule has 0 saturated heterocycles. The zero-order valence-corrected chi connectivity index (χ0v) is 22.4. The molecule has 0 spiro atoms. The monoisotopic (exact) mass is 574 g/mol. The van der Waals surface area contributed by atoms with Gasteiger partial charge in [-0.25, -0.2) is 23.1 Å². The Morgan fingerprint density at radius 2 is 1.86 bits per heavy atom. The number of amides is 1. The summed E-state index contributed by atoms with van der Waals surface area (Å²) in [6.45, 7) is 4.21. The molecular weight excluding hydrogens is 550 g/mol. The molecule has 0 aliphatic heterocycles. The SMILES string of the molecule is CCCCCS(=O)(=O)NC(=O)c1ccc2nc(C)n(Cc3ccc(-c4ccc(Cl)s4)cc3Cl)c2n1.[NaH]. The number of rotatable bonds is 9. The third kappa shape index (κ3) is 6.89. The molecule has 0 fully saturated rings. The Balaban J connectivity index is 0.00000361. The summed E-state index contributed by atoms with van der Waals surface area (Å²) in [6.07, 6.45) is 2.17. The van der Waals surface area contributed by atoms with Gasteiger partial charge in [-0.3, -0.25) is 4.79 Å². The maximum atomic E-state index is 12.6. The van der Waals surface area contributed by atoms with Crippen LogP contribution in [0.1, 0.15) is 48.1 Å². The zero-order valence-electron chi connectivity index (χ0n) is 19.2. The van der Waals surface area contributed by atoms with E-state index in [1.807, 2.05) is 48.7 Å². The van der Waals surface area contributed by atoms with Gasteiger partial charge in [0.15, 0.2) is 5.65 Å². The number of hydrogen-bond donors (Lipinski definition) is 1. The van der Waals surface area contributed by atoms with E-state index in [2.05, 4.69) is 14.7 Å². The quantitative estimate of drug-likeness (QED) is 0.212. The Hall–Kier alpha value is -1.46. The van der Waals surface area contributed by atoms with Crippen molar-refractivity contribution in [3.05, 3.63) is 68.9 Å². The molecule has 4 aromatic rings. The second-order valence-corrected chi connectivity index (χ2v) is 12.1. The molecule has 0 saturated carbocycles. The van der Waals surface area contributed by atoms with Gasteiger partial charge in [-0.05, 0) is 54.8 Å². The van der Waals surface area contributed by atoms with Gasteiger partial charge in [0.1, 0.15) is 17.0 Å². The Bertz CT molecular complexity index is 1500. The first-order valence-electron chi connectivity index (χ1n) is 11.1. The number of nitrogens with zero attached hydrogens (tertiary/aromatic N) is 3. The van der Waals surface area contributed by atoms with Gasteiger partial charge >= 0.3 is 29.6 Å². The summed E-state index contributed by atoms with van der Waals surface area (Å²) in [5.41, 5.74) is 2.92. The molecule has 0 radical (unpaired) electrons. The number of aromatic nitrogens is 3. The minimum absolute atomic E-state index is 0. The molecule has 0 bridgehead atoms. The maximum absolute atomic E-state index is 12.6. The van der Waals surface area contributed by atoms with Crippen LogP contribution in [0.2, 0.25) is 9.36 Å². The van der Waals surface area contributed by atoms with Crippen LogP contribution in [0, 0.1) is 6.92 Å². The standard InChI is InChI=1S/C24H24Cl2N4O3S2.Na.H/c1-3-4-5-12-35(32,33)29-24(31)20-9-8-19-23(28-20)30(15(2)27-19)14-17-7-6-16(13-18(17)25)21-10-11-22(26)34-21;;/h6-11,13H,3-5,12,14H2,1-2H3,(H,29,31);;. The van der Waals surface area contributed by atoms with Crippen LogP contribution in [-0.4, -0.2) is 64.2 Å². The Morgan fingerprint density at radius 1 is 1.08 bits per heavy atom. The normalized spacial score (nSPS) is 11.4. The number of carbonyl (C=O) groups is 1. The number of fused-ring (bicyclic) bond motifs is 1. The van der Waals surface area contributed by atoms with Crippen LogP contribution in [0.4, 0.5) is 0 Å². The number of benzene rings is 1. The molecule has 0 aliphatic rings. The molecule has 0 aliphatic carbocycles. The van der Waals surface area contributed by atoms with E-state index in [1.54, 1.807) is 6.07 Å². The van der Waals surface area contributed by atoms with E-state index in [-0.39, 0.29) is 41.0 Å². The van der Waals surface area contributed by atoms with Gasteiger partial charge in [0.05, 0.1) is 16.6 Å². The fraction of sp³-hybridized carbons (Fsp3) is 0.292. The van der Waals surface area contributed by atoms with Gasteiger partial charge in [0.25, 0.3) is 5.91 Å². The topological polar surface area (TPSA) is 94.0 Å². The molecule has 36 heavy (non-hydrogen) atoms. The van der Waals surface area contributed by atoms with Crippen LogP contribution in [-0.2, 0) is 16.6 Å². The van der Waals surface area contributed by atoms with Crippen LogP contribution in [0.5, 0.6) is 0 Å². The van der Waals surface area contributed by atoms with Gasteiger partial charge in [-0.2, -0.15) is 0 Å². The van der Waals surface area contributed by atoms with Crippen LogP contribution in [0.25, 0.3) is 21.6 Å². The molecule has 186 valence electrons. The molecule has 4 rings (SSSR count). The van der Waals surface area contributed by atoms with E-state index < -0.39 is 15.9 Å². The first kappa shape index (κ1) is 29.1. The van der Waals surface area contributed by atoms with Crippen molar-refractivity contribution in [2.24, 2.45) is 0 Å². The summed E-state index contributed by atoms with van der Waals surface area (Å²) in [6, 6.07) is 12.7. The fourth-order valence-corrected chi connectivity index (χ4v) is 6.04. The van der Waals surface area contributed by atoms with E-state index in [0.717, 1.165) is 28.8 Å². The van der Waals surface area contributed by atoms with E-state index >= 15 is 0 Å². The summed E-state index contributed by atoms with van der Waals surface area (Å²) < 4.78 is 29.1. The third-order valence-corrected chi connectivity index (χ3v) is 8.47. The number of aryl methyl sites for hydroxylation is 1. The molecule has 3 heterocycles. The summed E-state index contributed by atoms with van der Waals surface area (Å²) in [5, 5.41) is 0.584. The minimum atomic E-state index is -3.73. The van der Waals surface area contributed by atoms with E-state index in [1.165, 1.54) is 17.4 Å². The van der Waals surface area contributed by atoms with Crippen molar-refractivity contribution in [1.29, 1.82) is 0 Å². The van der Waals surface area contributed by atoms with E-state index in [4.69, 9.17) is 23.2 Å². The van der Waals surface area contributed by atoms with Gasteiger partial charge in [0.2, 0.25) is 10.0 Å². The van der Waals surface area contributed by atoms with Crippen LogP contribution in [0.3, 0.4) is 0 Å². The Kier molecular flexibility index (Phi) is 10.0. The fourth-order valence-electron chi connectivity index (χ4n) is 3.69. The first-order valence-corrected chi connectivity index (χ1v) is 14.3. The third-order valence-electron chi connectivity index (χ3n) is 5.52. The van der Waals surface area contributed by atoms with Crippen LogP contribution in [0.15, 0.2) is 42.5 Å². The second kappa shape index (κ2) is 12.4. The predicted octanol–water partition coefficient (Wildman–Crippen LogP) is 5.42. The van der Waals surface area contributed by atoms with Gasteiger partial charge in [-0.15, -0.1) is 11.3 Å². The molecule has 1 amide bonds. The van der Waals surface area contributed by atoms with Crippen molar-refractivity contribution in [1.82, 2.24) is 19.3 Å². The van der Waals surface area contributed by atoms with E-state index in [9.17, 15) is 13.2 Å². The number of unbranched alkanes of at least 4 members (excludes halogenated alkanes) is 2. The zero-order chi connectivity index (χ0) is 25.2. The average Bonchev–Trinajstić information content (AvgIpc) is 3.37. The summed E-state index contributed by atoms with van der Waals surface area (Å²) in [4.78, 5) is 22.6. The van der Waals surface area contributed by atoms with Crippen molar-refractivity contribution in [3.63, 3.8) is 0 Å². The number of halogens is 2. The molecular formula is C24H25Cl2N4NaO3S2. The molecule has 12 heteroatoms. The summed E-state index contributed by atoms with van der Waals surface area (Å²) in [5.74, 6) is -0.161. The van der Waals surface area contributed by atoms with Crippen LogP contribution < -0.4 is 4.72 Å². The summed E-state index contributed by atoms with van der Waals surface area (Å²) in [7, 11) is -3.73. The van der Waals surface area contributed by atoms with Crippen molar-refractivity contribution >= 4 is 91.2 Å². The van der Waals surface area contributed by atoms with Crippen molar-refractivity contribution < 1.29 is 13.2 Å². The van der Waals surface area contributed by atoms with E-state index in [0.29, 0.717) is 39.3 Å². The van der Waals surface area contributed by atoms with Crippen molar-refractivity contribution in [2.45, 2.75) is 39.7 Å². The van der Waals surface area contributed by atoms with Gasteiger partial charge < -0.3 is 4.57 Å². The Labute approximate surface area is 246 Å². The van der Waals surface area contributed by atoms with Crippen LogP contribution >= 0.6 is 34.5 Å².